The van der Waals surface area contributed by atoms with E-state index in [1.54, 1.807) is 0 Å². The highest BCUT2D eigenvalue weighted by molar-refractivity contribution is 5.74. The lowest BCUT2D eigenvalue weighted by Crippen LogP contribution is -2.44. The lowest BCUT2D eigenvalue weighted by molar-refractivity contribution is 0.193. The molecule has 0 saturated carbocycles. The van der Waals surface area contributed by atoms with E-state index in [-0.39, 0.29) is 12.6 Å². The van der Waals surface area contributed by atoms with Crippen LogP contribution < -0.4 is 10.6 Å². The van der Waals surface area contributed by atoms with Crippen molar-refractivity contribution < 1.29 is 9.32 Å². The number of urea groups is 1. The Balaban J connectivity index is 1.36. The molecule has 3 saturated heterocycles. The number of piperidine rings is 1. The number of aryl methyl sites for hydroxylation is 1. The Morgan fingerprint density at radius 3 is 3.12 bits per heavy atom. The van der Waals surface area contributed by atoms with Crippen LogP contribution in [0.4, 0.5) is 4.79 Å². The van der Waals surface area contributed by atoms with E-state index in [4.69, 9.17) is 4.52 Å². The number of hydrogen-bond donors (Lipinski definition) is 2. The van der Waals surface area contributed by atoms with Crippen LogP contribution in [0.15, 0.2) is 28.8 Å². The molecular weight excluding hydrogens is 318 g/mol. The zero-order chi connectivity index (χ0) is 17.2. The van der Waals surface area contributed by atoms with Gasteiger partial charge in [0, 0.05) is 24.7 Å². The third-order valence-corrected chi connectivity index (χ3v) is 4.96. The van der Waals surface area contributed by atoms with Gasteiger partial charge in [0.05, 0.1) is 6.54 Å². The first kappa shape index (κ1) is 16.1. The summed E-state index contributed by atoms with van der Waals surface area (Å²) in [5.41, 5.74) is 2.05. The number of fused-ring (bicyclic) bond motifs is 4. The molecule has 7 nitrogen and oxygen atoms in total. The van der Waals surface area contributed by atoms with Crippen molar-refractivity contribution in [2.75, 3.05) is 19.6 Å². The van der Waals surface area contributed by atoms with E-state index < -0.39 is 0 Å². The first-order chi connectivity index (χ1) is 12.2. The Labute approximate surface area is 146 Å². The van der Waals surface area contributed by atoms with Crippen LogP contribution in [-0.2, 0) is 6.54 Å². The van der Waals surface area contributed by atoms with Crippen LogP contribution in [-0.4, -0.2) is 46.7 Å². The second kappa shape index (κ2) is 6.84. The van der Waals surface area contributed by atoms with Crippen molar-refractivity contribution in [2.45, 2.75) is 32.4 Å². The van der Waals surface area contributed by atoms with Crippen molar-refractivity contribution in [2.24, 2.45) is 5.92 Å². The van der Waals surface area contributed by atoms with Gasteiger partial charge in [0.2, 0.25) is 11.7 Å². The van der Waals surface area contributed by atoms with Gasteiger partial charge in [-0.1, -0.05) is 28.9 Å². The number of carbonyl (C=O) groups excluding carboxylic acids is 1. The first-order valence-corrected chi connectivity index (χ1v) is 8.83. The second-order valence-corrected chi connectivity index (χ2v) is 6.99. The van der Waals surface area contributed by atoms with E-state index in [1.807, 2.05) is 36.1 Å². The second-order valence-electron chi connectivity index (χ2n) is 6.99. The van der Waals surface area contributed by atoms with Crippen molar-refractivity contribution >= 4 is 6.03 Å². The van der Waals surface area contributed by atoms with Crippen molar-refractivity contribution in [1.82, 2.24) is 25.7 Å². The Morgan fingerprint density at radius 2 is 2.32 bits per heavy atom. The van der Waals surface area contributed by atoms with Crippen molar-refractivity contribution in [1.29, 1.82) is 0 Å². The molecule has 2 N–H and O–H groups in total. The molecule has 2 amide bonds. The maximum atomic E-state index is 12.5. The van der Waals surface area contributed by atoms with Crippen LogP contribution in [0, 0.1) is 12.8 Å². The van der Waals surface area contributed by atoms with Gasteiger partial charge in [-0.25, -0.2) is 4.79 Å². The van der Waals surface area contributed by atoms with Crippen LogP contribution in [0.5, 0.6) is 0 Å². The standard InChI is InChI=1S/C18H23N5O2/c1-12-3-2-4-14(7-12)17-21-16(25-22-17)9-20-18(24)23-10-13-5-6-15(11-23)19-8-13/h2-4,7,13,15,19H,5-6,8-11H2,1H3,(H,20,24)/t13-,15-/m0/s1. The molecule has 0 spiro atoms. The lowest BCUT2D eigenvalue weighted by Gasteiger charge is -2.23. The van der Waals surface area contributed by atoms with Gasteiger partial charge >= 0.3 is 6.03 Å². The SMILES string of the molecule is Cc1cccc(-c2noc(CNC(=O)N3C[C@H]4CC[C@@H](C3)NC4)n2)c1. The fraction of sp³-hybridized carbons (Fsp3) is 0.500. The molecule has 3 fully saturated rings. The van der Waals surface area contributed by atoms with Crippen LogP contribution >= 0.6 is 0 Å². The first-order valence-electron chi connectivity index (χ1n) is 8.83. The van der Waals surface area contributed by atoms with E-state index in [2.05, 4.69) is 20.8 Å². The fourth-order valence-corrected chi connectivity index (χ4v) is 3.60. The number of benzene rings is 1. The van der Waals surface area contributed by atoms with Gasteiger partial charge < -0.3 is 20.1 Å². The van der Waals surface area contributed by atoms with Crippen LogP contribution in [0.2, 0.25) is 0 Å². The quantitative estimate of drug-likeness (QED) is 0.891. The molecule has 0 unspecified atom stereocenters. The number of aromatic nitrogens is 2. The van der Waals surface area contributed by atoms with Gasteiger partial charge in [-0.3, -0.25) is 0 Å². The highest BCUT2D eigenvalue weighted by Crippen LogP contribution is 2.21. The molecule has 3 aliphatic heterocycles. The predicted octanol–water partition coefficient (Wildman–Crippen LogP) is 1.94. The van der Waals surface area contributed by atoms with E-state index in [9.17, 15) is 4.79 Å². The summed E-state index contributed by atoms with van der Waals surface area (Å²) < 4.78 is 5.27. The van der Waals surface area contributed by atoms with Crippen LogP contribution in [0.25, 0.3) is 11.4 Å². The summed E-state index contributed by atoms with van der Waals surface area (Å²) in [5, 5.41) is 10.4. The van der Waals surface area contributed by atoms with E-state index in [0.29, 0.717) is 23.7 Å². The van der Waals surface area contributed by atoms with Crippen LogP contribution in [0.3, 0.4) is 0 Å². The number of hydrogen-bond acceptors (Lipinski definition) is 5. The van der Waals surface area contributed by atoms with Gasteiger partial charge in [0.1, 0.15) is 0 Å². The monoisotopic (exact) mass is 341 g/mol. The molecule has 5 rings (SSSR count). The van der Waals surface area contributed by atoms with Gasteiger partial charge in [-0.2, -0.15) is 4.98 Å². The molecule has 25 heavy (non-hydrogen) atoms. The third kappa shape index (κ3) is 3.66. The number of nitrogens with zero attached hydrogens (tertiary/aromatic N) is 3. The summed E-state index contributed by atoms with van der Waals surface area (Å²) in [7, 11) is 0. The summed E-state index contributed by atoms with van der Waals surface area (Å²) in [4.78, 5) is 18.7. The van der Waals surface area contributed by atoms with E-state index in [1.165, 1.54) is 6.42 Å². The molecule has 2 aromatic rings. The molecule has 2 atom stereocenters. The summed E-state index contributed by atoms with van der Waals surface area (Å²) in [6.07, 6.45) is 2.35. The molecule has 3 aliphatic rings. The molecule has 2 bridgehead atoms. The smallest absolute Gasteiger partial charge is 0.317 e. The average molecular weight is 341 g/mol. The van der Waals surface area contributed by atoms with Gasteiger partial charge in [0.25, 0.3) is 0 Å². The molecule has 0 radical (unpaired) electrons. The maximum absolute atomic E-state index is 12.5. The van der Waals surface area contributed by atoms with Crippen LogP contribution in [0.1, 0.15) is 24.3 Å². The third-order valence-electron chi connectivity index (χ3n) is 4.96. The fourth-order valence-electron chi connectivity index (χ4n) is 3.60. The van der Waals surface area contributed by atoms with E-state index >= 15 is 0 Å². The summed E-state index contributed by atoms with van der Waals surface area (Å²) in [6, 6.07) is 8.29. The summed E-state index contributed by atoms with van der Waals surface area (Å²) >= 11 is 0. The lowest BCUT2D eigenvalue weighted by atomic mass is 9.97. The normalized spacial score (nSPS) is 22.7. The zero-order valence-corrected chi connectivity index (χ0v) is 14.4. The van der Waals surface area contributed by atoms with Crippen molar-refractivity contribution in [3.8, 4) is 11.4 Å². The molecule has 7 heteroatoms. The Kier molecular flexibility index (Phi) is 4.40. The maximum Gasteiger partial charge on any atom is 0.317 e. The largest absolute Gasteiger partial charge is 0.337 e. The van der Waals surface area contributed by atoms with Gasteiger partial charge in [-0.15, -0.1) is 0 Å². The molecular formula is C18H23N5O2. The minimum absolute atomic E-state index is 0.0593. The highest BCUT2D eigenvalue weighted by atomic mass is 16.5. The Bertz CT molecular complexity index is 737. The summed E-state index contributed by atoms with van der Waals surface area (Å²) in [5.74, 6) is 1.52. The summed E-state index contributed by atoms with van der Waals surface area (Å²) in [6.45, 7) is 4.86. The molecule has 1 aromatic heterocycles. The van der Waals surface area contributed by atoms with E-state index in [0.717, 1.165) is 37.2 Å². The highest BCUT2D eigenvalue weighted by Gasteiger charge is 2.31. The Hall–Kier alpha value is -2.41. The molecule has 4 heterocycles. The van der Waals surface area contributed by atoms with Crippen molar-refractivity contribution in [3.63, 3.8) is 0 Å². The molecule has 132 valence electrons. The number of carbonyl (C=O) groups is 1. The Morgan fingerprint density at radius 1 is 1.40 bits per heavy atom. The predicted molar refractivity (Wildman–Crippen MR) is 92.8 cm³/mol. The average Bonchev–Trinajstić information content (AvgIpc) is 2.89. The molecule has 1 aromatic carbocycles. The van der Waals surface area contributed by atoms with Crippen molar-refractivity contribution in [3.05, 3.63) is 35.7 Å². The number of nitrogens with one attached hydrogen (secondary N) is 2. The number of amides is 2. The van der Waals surface area contributed by atoms with Gasteiger partial charge in [-0.05, 0) is 38.3 Å². The molecule has 0 aliphatic carbocycles. The number of rotatable bonds is 3. The minimum atomic E-state index is -0.0593. The topological polar surface area (TPSA) is 83.3 Å². The zero-order valence-electron chi connectivity index (χ0n) is 14.4. The van der Waals surface area contributed by atoms with Gasteiger partial charge in [0.15, 0.2) is 0 Å². The minimum Gasteiger partial charge on any atom is -0.337 e.